The maximum atomic E-state index is 12.4. The van der Waals surface area contributed by atoms with Crippen LogP contribution in [0.4, 0.5) is 10.9 Å². The number of thiazole rings is 1. The lowest BCUT2D eigenvalue weighted by atomic mass is 10.1. The molecule has 1 aromatic carbocycles. The van der Waals surface area contributed by atoms with E-state index in [0.717, 1.165) is 40.9 Å². The Hall–Kier alpha value is -3.37. The summed E-state index contributed by atoms with van der Waals surface area (Å²) in [6.07, 6.45) is 5.95. The number of carbonyl (C=O) groups is 1. The Morgan fingerprint density at radius 1 is 1.21 bits per heavy atom. The topological polar surface area (TPSA) is 121 Å². The monoisotopic (exact) mass is 406 g/mol. The average molecular weight is 406 g/mol. The first-order chi connectivity index (χ1) is 14.2. The predicted octanol–water partition coefficient (Wildman–Crippen LogP) is 2.31. The Labute approximate surface area is 170 Å². The number of H-pyrrole nitrogens is 1. The smallest absolute Gasteiger partial charge is 0.270 e. The van der Waals surface area contributed by atoms with Crippen LogP contribution in [0.5, 0.6) is 0 Å². The summed E-state index contributed by atoms with van der Waals surface area (Å²) in [6, 6.07) is 7.86. The molecule has 1 aliphatic rings. The summed E-state index contributed by atoms with van der Waals surface area (Å²) in [7, 11) is 0. The van der Waals surface area contributed by atoms with Crippen LogP contribution >= 0.6 is 11.3 Å². The van der Waals surface area contributed by atoms with Crippen LogP contribution in [0, 0.1) is 0 Å². The van der Waals surface area contributed by atoms with Crippen molar-refractivity contribution in [2.75, 3.05) is 18.4 Å². The zero-order valence-corrected chi connectivity index (χ0v) is 16.2. The molecule has 9 nitrogen and oxygen atoms in total. The highest BCUT2D eigenvalue weighted by Crippen LogP contribution is 2.31. The molecule has 1 aliphatic heterocycles. The van der Waals surface area contributed by atoms with Crippen LogP contribution in [0.1, 0.15) is 16.9 Å². The number of benzene rings is 1. The Kier molecular flexibility index (Phi) is 4.62. The Balaban J connectivity index is 1.34. The number of nitrogens with one attached hydrogen (secondary N) is 4. The lowest BCUT2D eigenvalue weighted by Crippen LogP contribution is -2.36. The van der Waals surface area contributed by atoms with Gasteiger partial charge in [0.2, 0.25) is 0 Å². The van der Waals surface area contributed by atoms with Gasteiger partial charge in [-0.05, 0) is 30.7 Å². The number of anilines is 2. The second-order valence-corrected chi connectivity index (χ2v) is 7.80. The quantitative estimate of drug-likeness (QED) is 0.401. The van der Waals surface area contributed by atoms with Gasteiger partial charge in [0, 0.05) is 30.4 Å². The van der Waals surface area contributed by atoms with Crippen molar-refractivity contribution in [1.29, 1.82) is 0 Å². The van der Waals surface area contributed by atoms with Gasteiger partial charge in [0.05, 0.1) is 16.4 Å². The van der Waals surface area contributed by atoms with Gasteiger partial charge < -0.3 is 16.0 Å². The van der Waals surface area contributed by atoms with Crippen LogP contribution in [-0.2, 0) is 0 Å². The number of hydrogen-bond donors (Lipinski definition) is 4. The van der Waals surface area contributed by atoms with Gasteiger partial charge in [-0.2, -0.15) is 5.10 Å². The molecule has 5 rings (SSSR count). The van der Waals surface area contributed by atoms with Gasteiger partial charge in [-0.15, -0.1) is 0 Å². The van der Waals surface area contributed by atoms with Crippen molar-refractivity contribution >= 4 is 38.4 Å². The fourth-order valence-electron chi connectivity index (χ4n) is 3.26. The lowest BCUT2D eigenvalue weighted by Gasteiger charge is -2.11. The van der Waals surface area contributed by atoms with E-state index >= 15 is 0 Å². The van der Waals surface area contributed by atoms with E-state index in [-0.39, 0.29) is 11.9 Å². The zero-order chi connectivity index (χ0) is 19.6. The van der Waals surface area contributed by atoms with Crippen molar-refractivity contribution in [1.82, 2.24) is 35.8 Å². The van der Waals surface area contributed by atoms with Crippen molar-refractivity contribution in [3.05, 3.63) is 48.7 Å². The predicted molar refractivity (Wildman–Crippen MR) is 111 cm³/mol. The van der Waals surface area contributed by atoms with Gasteiger partial charge in [-0.1, -0.05) is 17.4 Å². The molecule has 0 bridgehead atoms. The Morgan fingerprint density at radius 2 is 2.17 bits per heavy atom. The van der Waals surface area contributed by atoms with E-state index in [1.54, 1.807) is 12.3 Å². The number of nitrogens with zero attached hydrogens (tertiary/aromatic N) is 4. The maximum Gasteiger partial charge on any atom is 0.270 e. The van der Waals surface area contributed by atoms with Crippen LogP contribution in [0.25, 0.3) is 21.3 Å². The molecule has 146 valence electrons. The highest BCUT2D eigenvalue weighted by molar-refractivity contribution is 7.22. The van der Waals surface area contributed by atoms with Crippen LogP contribution in [-0.4, -0.2) is 50.2 Å². The summed E-state index contributed by atoms with van der Waals surface area (Å²) in [6.45, 7) is 1.70. The molecule has 0 radical (unpaired) electrons. The van der Waals surface area contributed by atoms with Gasteiger partial charge in [0.25, 0.3) is 5.91 Å². The van der Waals surface area contributed by atoms with Crippen LogP contribution < -0.4 is 16.0 Å². The molecule has 0 saturated carbocycles. The van der Waals surface area contributed by atoms with Crippen molar-refractivity contribution in [3.63, 3.8) is 0 Å². The second-order valence-electron chi connectivity index (χ2n) is 6.77. The highest BCUT2D eigenvalue weighted by Gasteiger charge is 2.18. The van der Waals surface area contributed by atoms with Gasteiger partial charge in [-0.3, -0.25) is 9.89 Å². The van der Waals surface area contributed by atoms with Gasteiger partial charge in [0.1, 0.15) is 17.8 Å². The third kappa shape index (κ3) is 3.80. The molecule has 4 aromatic rings. The summed E-state index contributed by atoms with van der Waals surface area (Å²) in [5, 5.41) is 16.9. The summed E-state index contributed by atoms with van der Waals surface area (Å²) < 4.78 is 1.05. The highest BCUT2D eigenvalue weighted by atomic mass is 32.1. The van der Waals surface area contributed by atoms with Crippen molar-refractivity contribution in [2.45, 2.75) is 12.5 Å². The lowest BCUT2D eigenvalue weighted by molar-refractivity contribution is 0.0935. The first-order valence-corrected chi connectivity index (χ1v) is 10.1. The molecule has 1 unspecified atom stereocenters. The van der Waals surface area contributed by atoms with E-state index in [1.165, 1.54) is 17.7 Å². The minimum Gasteiger partial charge on any atom is -0.347 e. The molecule has 29 heavy (non-hydrogen) atoms. The third-order valence-corrected chi connectivity index (χ3v) is 5.68. The maximum absolute atomic E-state index is 12.4. The van der Waals surface area contributed by atoms with Gasteiger partial charge in [0.15, 0.2) is 5.13 Å². The van der Waals surface area contributed by atoms with Crippen molar-refractivity contribution in [3.8, 4) is 11.1 Å². The molecule has 3 aromatic heterocycles. The SMILES string of the molecule is O=C(NC1CCNC1)c1cc(Nc2nc3ccc(-c4cn[nH]c4)cc3s2)ncn1. The number of amides is 1. The van der Waals surface area contributed by atoms with E-state index in [2.05, 4.69) is 47.2 Å². The fraction of sp³-hybridized carbons (Fsp3) is 0.211. The molecular weight excluding hydrogens is 388 g/mol. The molecule has 10 heteroatoms. The van der Waals surface area contributed by atoms with Crippen molar-refractivity contribution in [2.24, 2.45) is 0 Å². The minimum atomic E-state index is -0.196. The van der Waals surface area contributed by atoms with Crippen LogP contribution in [0.2, 0.25) is 0 Å². The fourth-order valence-corrected chi connectivity index (χ4v) is 4.18. The normalized spacial score (nSPS) is 16.2. The zero-order valence-electron chi connectivity index (χ0n) is 15.3. The van der Waals surface area contributed by atoms with Gasteiger partial charge >= 0.3 is 0 Å². The number of carbonyl (C=O) groups excluding carboxylic acids is 1. The third-order valence-electron chi connectivity index (χ3n) is 4.75. The number of aromatic amines is 1. The molecule has 4 N–H and O–H groups in total. The summed E-state index contributed by atoms with van der Waals surface area (Å²) >= 11 is 1.52. The van der Waals surface area contributed by atoms with E-state index < -0.39 is 0 Å². The van der Waals surface area contributed by atoms with Crippen LogP contribution in [0.3, 0.4) is 0 Å². The largest absolute Gasteiger partial charge is 0.347 e. The summed E-state index contributed by atoms with van der Waals surface area (Å²) in [5.41, 5.74) is 3.32. The van der Waals surface area contributed by atoms with Crippen LogP contribution in [0.15, 0.2) is 43.0 Å². The van der Waals surface area contributed by atoms with E-state index in [9.17, 15) is 4.79 Å². The number of hydrogen-bond acceptors (Lipinski definition) is 8. The molecule has 1 amide bonds. The molecule has 0 spiro atoms. The second kappa shape index (κ2) is 7.57. The van der Waals surface area contributed by atoms with E-state index in [1.807, 2.05) is 18.3 Å². The standard InChI is InChI=1S/C19H18N8OS/c28-18(25-13-3-4-20-9-13)15-6-17(22-10-21-15)27-19-26-14-2-1-11(5-16(14)29-19)12-7-23-24-8-12/h1-2,5-8,10,13,20H,3-4,9H2,(H,23,24)(H,25,28)(H,21,22,26,27). The molecule has 1 atom stereocenters. The number of rotatable bonds is 5. The van der Waals surface area contributed by atoms with Crippen molar-refractivity contribution < 1.29 is 4.79 Å². The first kappa shape index (κ1) is 17.7. The molecule has 0 aliphatic carbocycles. The molecule has 1 saturated heterocycles. The Bertz CT molecular complexity index is 1150. The molecule has 1 fully saturated rings. The summed E-state index contributed by atoms with van der Waals surface area (Å²) in [5.74, 6) is 0.335. The first-order valence-electron chi connectivity index (χ1n) is 9.25. The van der Waals surface area contributed by atoms with E-state index in [0.29, 0.717) is 16.6 Å². The summed E-state index contributed by atoms with van der Waals surface area (Å²) in [4.78, 5) is 25.3. The minimum absolute atomic E-state index is 0.141. The Morgan fingerprint density at radius 3 is 3.00 bits per heavy atom. The van der Waals surface area contributed by atoms with E-state index in [4.69, 9.17) is 0 Å². The van der Waals surface area contributed by atoms with Gasteiger partial charge in [-0.25, -0.2) is 15.0 Å². The average Bonchev–Trinajstić information content (AvgIpc) is 3.49. The number of fused-ring (bicyclic) bond motifs is 1. The number of aromatic nitrogens is 5. The molecule has 4 heterocycles. The molecular formula is C19H18N8OS.